The molecule has 132 valence electrons. The smallest absolute Gasteiger partial charge is 0.420 e. The molecule has 0 aliphatic heterocycles. The zero-order valence-corrected chi connectivity index (χ0v) is 13.5. The van der Waals surface area contributed by atoms with Crippen LogP contribution in [0.15, 0.2) is 48.5 Å². The Morgan fingerprint density at radius 1 is 1.16 bits per heavy atom. The van der Waals surface area contributed by atoms with Crippen molar-refractivity contribution in [2.75, 3.05) is 0 Å². The van der Waals surface area contributed by atoms with Gasteiger partial charge in [0.2, 0.25) is 0 Å². The monoisotopic (exact) mass is 373 g/mol. The average molecular weight is 374 g/mol. The summed E-state index contributed by atoms with van der Waals surface area (Å²) >= 11 is 5.74. The van der Waals surface area contributed by atoms with Crippen molar-refractivity contribution in [2.24, 2.45) is 0 Å². The zero-order chi connectivity index (χ0) is 18.8. The van der Waals surface area contributed by atoms with Gasteiger partial charge in [-0.15, -0.1) is 0 Å². The molecule has 1 atom stereocenters. The van der Waals surface area contributed by atoms with Crippen LogP contribution in [0.5, 0.6) is 5.75 Å². The van der Waals surface area contributed by atoms with Gasteiger partial charge in [-0.2, -0.15) is 13.2 Å². The number of nitrogens with zero attached hydrogens (tertiary/aromatic N) is 1. The summed E-state index contributed by atoms with van der Waals surface area (Å²) in [5, 5.41) is 10.9. The third kappa shape index (κ3) is 3.90. The fourth-order valence-corrected chi connectivity index (χ4v) is 2.22. The molecule has 0 amide bonds. The first-order valence-electron chi connectivity index (χ1n) is 6.86. The molecule has 1 unspecified atom stereocenters. The van der Waals surface area contributed by atoms with Crippen LogP contribution in [-0.2, 0) is 6.18 Å². The van der Waals surface area contributed by atoms with Gasteiger partial charge < -0.3 is 4.74 Å². The first kappa shape index (κ1) is 18.7. The third-order valence-electron chi connectivity index (χ3n) is 3.37. The maximum absolute atomic E-state index is 12.7. The Morgan fingerprint density at radius 3 is 2.24 bits per heavy atom. The number of hydrogen-bond donors (Lipinski definition) is 0. The average Bonchev–Trinajstić information content (AvgIpc) is 2.55. The van der Waals surface area contributed by atoms with E-state index in [-0.39, 0.29) is 5.56 Å². The van der Waals surface area contributed by atoms with Crippen molar-refractivity contribution in [3.8, 4) is 5.75 Å². The Balaban J connectivity index is 2.40. The molecule has 0 radical (unpaired) electrons. The lowest BCUT2D eigenvalue weighted by Gasteiger charge is -2.22. The summed E-state index contributed by atoms with van der Waals surface area (Å²) in [6.45, 7) is 0.913. The van der Waals surface area contributed by atoms with Crippen molar-refractivity contribution < 1.29 is 27.6 Å². The molecule has 0 N–H and O–H groups in total. The van der Waals surface area contributed by atoms with E-state index in [0.717, 1.165) is 13.0 Å². The van der Waals surface area contributed by atoms with Crippen LogP contribution in [0.4, 0.5) is 13.2 Å². The molecule has 2 aromatic rings. The first-order valence-corrected chi connectivity index (χ1v) is 7.23. The second-order valence-electron chi connectivity index (χ2n) is 5.18. The quantitative estimate of drug-likeness (QED) is 0.332. The summed E-state index contributed by atoms with van der Waals surface area (Å²) in [4.78, 5) is 22.9. The third-order valence-corrected chi connectivity index (χ3v) is 3.67. The second-order valence-corrected chi connectivity index (χ2v) is 5.59. The van der Waals surface area contributed by atoms with Gasteiger partial charge in [-0.25, -0.2) is 0 Å². The highest BCUT2D eigenvalue weighted by Gasteiger charge is 2.49. The summed E-state index contributed by atoms with van der Waals surface area (Å²) in [7, 11) is 0. The van der Waals surface area contributed by atoms with Crippen molar-refractivity contribution >= 4 is 17.4 Å². The summed E-state index contributed by atoms with van der Waals surface area (Å²) in [5.41, 5.74) is -3.57. The Morgan fingerprint density at radius 2 is 1.76 bits per heavy atom. The van der Waals surface area contributed by atoms with Gasteiger partial charge in [-0.05, 0) is 18.2 Å². The van der Waals surface area contributed by atoms with Gasteiger partial charge >= 0.3 is 11.9 Å². The van der Waals surface area contributed by atoms with E-state index >= 15 is 0 Å². The molecule has 2 aromatic carbocycles. The molecule has 0 saturated heterocycles. The van der Waals surface area contributed by atoms with E-state index in [1.807, 2.05) is 0 Å². The van der Waals surface area contributed by atoms with Crippen molar-refractivity contribution in [1.29, 1.82) is 0 Å². The van der Waals surface area contributed by atoms with Gasteiger partial charge in [0, 0.05) is 5.56 Å². The minimum Gasteiger partial charge on any atom is -0.420 e. The predicted molar refractivity (Wildman–Crippen MR) is 83.3 cm³/mol. The SMILES string of the molecule is CC(Oc1ccc(C(F)(F)F)cc1Cl)(C(=O)c1ccccc1)[N+](=O)[O-]. The highest BCUT2D eigenvalue weighted by molar-refractivity contribution is 6.32. The number of carbonyl (C=O) groups excluding carboxylic acids is 1. The molecular weight excluding hydrogens is 363 g/mol. The van der Waals surface area contributed by atoms with Gasteiger partial charge in [-0.1, -0.05) is 41.9 Å². The Hall–Kier alpha value is -2.61. The lowest BCUT2D eigenvalue weighted by Crippen LogP contribution is -2.49. The van der Waals surface area contributed by atoms with E-state index in [1.165, 1.54) is 24.3 Å². The number of ketones is 1. The predicted octanol–water partition coefficient (Wildman–Crippen LogP) is 4.61. The van der Waals surface area contributed by atoms with Crippen LogP contribution in [0, 0.1) is 10.1 Å². The topological polar surface area (TPSA) is 69.4 Å². The Bertz CT molecular complexity index is 811. The number of alkyl halides is 3. The van der Waals surface area contributed by atoms with Crippen LogP contribution in [0.25, 0.3) is 0 Å². The molecule has 0 fully saturated rings. The molecule has 0 bridgehead atoms. The van der Waals surface area contributed by atoms with Crippen molar-refractivity contribution in [2.45, 2.75) is 18.8 Å². The molecule has 25 heavy (non-hydrogen) atoms. The number of halogens is 4. The van der Waals surface area contributed by atoms with Crippen molar-refractivity contribution in [1.82, 2.24) is 0 Å². The van der Waals surface area contributed by atoms with E-state index in [0.29, 0.717) is 12.1 Å². The lowest BCUT2D eigenvalue weighted by atomic mass is 10.0. The van der Waals surface area contributed by atoms with E-state index in [9.17, 15) is 28.1 Å². The van der Waals surface area contributed by atoms with E-state index in [4.69, 9.17) is 16.3 Å². The molecule has 0 spiro atoms. The van der Waals surface area contributed by atoms with Crippen LogP contribution in [-0.4, -0.2) is 16.4 Å². The minimum absolute atomic E-state index is 0.0183. The second kappa shape index (κ2) is 6.72. The fourth-order valence-electron chi connectivity index (χ4n) is 2.00. The summed E-state index contributed by atoms with van der Waals surface area (Å²) in [6.07, 6.45) is -4.63. The Labute approximate surface area is 145 Å². The highest BCUT2D eigenvalue weighted by Crippen LogP contribution is 2.36. The van der Waals surface area contributed by atoms with Crippen molar-refractivity contribution in [3.63, 3.8) is 0 Å². The number of benzene rings is 2. The van der Waals surface area contributed by atoms with Gasteiger partial charge in [0.25, 0.3) is 5.78 Å². The maximum atomic E-state index is 12.7. The molecule has 0 heterocycles. The molecule has 2 rings (SSSR count). The molecule has 0 aliphatic carbocycles. The Kier molecular flexibility index (Phi) is 5.03. The van der Waals surface area contributed by atoms with Crippen LogP contribution in [0.1, 0.15) is 22.8 Å². The molecule has 5 nitrogen and oxygen atoms in total. The number of ether oxygens (including phenoxy) is 1. The fraction of sp³-hybridized carbons (Fsp3) is 0.188. The highest BCUT2D eigenvalue weighted by atomic mass is 35.5. The number of hydrogen-bond acceptors (Lipinski definition) is 4. The molecule has 0 saturated carbocycles. The standard InChI is InChI=1S/C16H11ClF3NO4/c1-15(21(23)24,14(22)10-5-3-2-4-6-10)25-13-8-7-11(9-12(13)17)16(18,19)20/h2-9H,1H3. The maximum Gasteiger partial charge on any atom is 0.424 e. The van der Waals surface area contributed by atoms with E-state index < -0.39 is 38.9 Å². The number of carbonyl (C=O) groups is 1. The largest absolute Gasteiger partial charge is 0.424 e. The van der Waals surface area contributed by atoms with E-state index in [1.54, 1.807) is 6.07 Å². The van der Waals surface area contributed by atoms with Crippen LogP contribution in [0.2, 0.25) is 5.02 Å². The summed E-state index contributed by atoms with van der Waals surface area (Å²) < 4.78 is 43.1. The zero-order valence-electron chi connectivity index (χ0n) is 12.7. The summed E-state index contributed by atoms with van der Waals surface area (Å²) in [5.74, 6) is -1.37. The lowest BCUT2D eigenvalue weighted by molar-refractivity contribution is -0.588. The molecule has 0 aliphatic rings. The van der Waals surface area contributed by atoms with Gasteiger partial charge in [-0.3, -0.25) is 14.9 Å². The van der Waals surface area contributed by atoms with Gasteiger partial charge in [0.15, 0.2) is 0 Å². The molecule has 9 heteroatoms. The number of Topliss-reactive ketones (excluding diaryl/α,β-unsaturated/α-hetero) is 1. The molecule has 0 aromatic heterocycles. The first-order chi connectivity index (χ1) is 11.6. The number of nitro groups is 1. The van der Waals surface area contributed by atoms with Gasteiger partial charge in [0.05, 0.1) is 22.4 Å². The minimum atomic E-state index is -4.63. The van der Waals surface area contributed by atoms with Crippen molar-refractivity contribution in [3.05, 3.63) is 74.8 Å². The van der Waals surface area contributed by atoms with Gasteiger partial charge in [0.1, 0.15) is 5.75 Å². The van der Waals surface area contributed by atoms with Crippen LogP contribution >= 0.6 is 11.6 Å². The molecular formula is C16H11ClF3NO4. The van der Waals surface area contributed by atoms with E-state index in [2.05, 4.69) is 0 Å². The van der Waals surface area contributed by atoms with Crippen LogP contribution in [0.3, 0.4) is 0 Å². The summed E-state index contributed by atoms with van der Waals surface area (Å²) in [6, 6.07) is 9.44. The number of rotatable bonds is 5. The normalized spacial score (nSPS) is 13.8. The van der Waals surface area contributed by atoms with Crippen LogP contribution < -0.4 is 4.74 Å².